The molecule has 0 spiro atoms. The van der Waals surface area contributed by atoms with Crippen LogP contribution >= 0.6 is 11.8 Å². The molecule has 1 N–H and O–H groups in total. The molecule has 6 nitrogen and oxygen atoms in total. The average Bonchev–Trinajstić information content (AvgIpc) is 3.21. The lowest BCUT2D eigenvalue weighted by atomic mass is 9.86. The van der Waals surface area contributed by atoms with E-state index in [-0.39, 0.29) is 17.3 Å². The van der Waals surface area contributed by atoms with Gasteiger partial charge in [0.2, 0.25) is 5.17 Å². The normalized spacial score (nSPS) is 20.7. The van der Waals surface area contributed by atoms with Crippen molar-refractivity contribution in [3.8, 4) is 0 Å². The number of carbonyl (C=O) groups excluding carboxylic acids is 1. The molecule has 1 saturated carbocycles. The molecule has 2 aliphatic heterocycles. The van der Waals surface area contributed by atoms with E-state index in [1.807, 2.05) is 12.1 Å². The van der Waals surface area contributed by atoms with Gasteiger partial charge in [0.05, 0.1) is 5.57 Å². The van der Waals surface area contributed by atoms with Gasteiger partial charge in [-0.05, 0) is 68.1 Å². The highest BCUT2D eigenvalue weighted by Gasteiger charge is 2.35. The zero-order valence-electron chi connectivity index (χ0n) is 18.4. The summed E-state index contributed by atoms with van der Waals surface area (Å²) in [7, 11) is 0. The number of anilines is 1. The highest BCUT2D eigenvalue weighted by atomic mass is 32.2. The van der Waals surface area contributed by atoms with Gasteiger partial charge in [0.15, 0.2) is 5.84 Å². The second kappa shape index (κ2) is 9.81. The number of carbonyl (C=O) groups is 1. The fourth-order valence-electron chi connectivity index (χ4n) is 4.47. The predicted molar refractivity (Wildman–Crippen MR) is 131 cm³/mol. The minimum atomic E-state index is -0.361. The summed E-state index contributed by atoms with van der Waals surface area (Å²) < 4.78 is 0. The fourth-order valence-corrected chi connectivity index (χ4v) is 5.37. The van der Waals surface area contributed by atoms with E-state index in [0.29, 0.717) is 5.17 Å². The molecule has 3 aliphatic rings. The highest BCUT2D eigenvalue weighted by molar-refractivity contribution is 8.26. The summed E-state index contributed by atoms with van der Waals surface area (Å²) in [4.78, 5) is 19.1. The van der Waals surface area contributed by atoms with Gasteiger partial charge in [-0.2, -0.15) is 15.1 Å². The molecule has 1 fully saturated rings. The van der Waals surface area contributed by atoms with Crippen LogP contribution in [0.5, 0.6) is 0 Å². The van der Waals surface area contributed by atoms with Crippen LogP contribution in [0.1, 0.15) is 64.4 Å². The molecule has 2 heterocycles. The van der Waals surface area contributed by atoms with Crippen molar-refractivity contribution in [2.24, 2.45) is 16.0 Å². The smallest absolute Gasteiger partial charge is 0.283 e. The van der Waals surface area contributed by atoms with E-state index in [4.69, 9.17) is 5.41 Å². The molecule has 7 heteroatoms. The second-order valence-corrected chi connectivity index (χ2v) is 9.36. The van der Waals surface area contributed by atoms with E-state index < -0.39 is 0 Å². The lowest BCUT2D eigenvalue weighted by Gasteiger charge is -2.21. The van der Waals surface area contributed by atoms with Crippen molar-refractivity contribution in [3.05, 3.63) is 35.4 Å². The molecule has 31 heavy (non-hydrogen) atoms. The van der Waals surface area contributed by atoms with Crippen molar-refractivity contribution in [2.45, 2.75) is 58.8 Å². The van der Waals surface area contributed by atoms with Crippen molar-refractivity contribution in [1.29, 1.82) is 5.41 Å². The molecule has 4 rings (SSSR count). The summed E-state index contributed by atoms with van der Waals surface area (Å²) in [5, 5.41) is 16.2. The Morgan fingerprint density at radius 3 is 2.55 bits per heavy atom. The van der Waals surface area contributed by atoms with Crippen LogP contribution in [0.15, 0.2) is 39.9 Å². The largest absolute Gasteiger partial charge is 0.372 e. The number of amides is 1. The van der Waals surface area contributed by atoms with E-state index >= 15 is 0 Å². The Morgan fingerprint density at radius 1 is 1.16 bits per heavy atom. The molecule has 0 saturated heterocycles. The van der Waals surface area contributed by atoms with Crippen LogP contribution in [0.2, 0.25) is 0 Å². The third-order valence-corrected chi connectivity index (χ3v) is 7.29. The Hall–Kier alpha value is -2.41. The van der Waals surface area contributed by atoms with Crippen LogP contribution in [-0.4, -0.2) is 40.1 Å². The molecule has 0 radical (unpaired) electrons. The molecular formula is C24H31N5OS. The number of benzene rings is 1. The number of nitrogens with one attached hydrogen (secondary N) is 1. The van der Waals surface area contributed by atoms with E-state index in [2.05, 4.69) is 41.0 Å². The second-order valence-electron chi connectivity index (χ2n) is 8.32. The molecule has 1 amide bonds. The molecule has 1 aromatic rings. The van der Waals surface area contributed by atoms with Gasteiger partial charge in [-0.15, -0.1) is 0 Å². The van der Waals surface area contributed by atoms with Crippen LogP contribution in [-0.2, 0) is 4.79 Å². The molecule has 1 aromatic carbocycles. The van der Waals surface area contributed by atoms with Crippen LogP contribution in [0.25, 0.3) is 6.08 Å². The van der Waals surface area contributed by atoms with Gasteiger partial charge in [0.1, 0.15) is 5.04 Å². The van der Waals surface area contributed by atoms with Crippen molar-refractivity contribution < 1.29 is 4.79 Å². The third kappa shape index (κ3) is 4.92. The Morgan fingerprint density at radius 2 is 1.87 bits per heavy atom. The Balaban J connectivity index is 1.46. The summed E-state index contributed by atoms with van der Waals surface area (Å²) in [6.07, 6.45) is 10.5. The van der Waals surface area contributed by atoms with Gasteiger partial charge in [-0.3, -0.25) is 10.2 Å². The number of amidine groups is 2. The monoisotopic (exact) mass is 437 g/mol. The number of thioether (sulfide) groups is 1. The number of hydrogen-bond acceptors (Lipinski definition) is 5. The summed E-state index contributed by atoms with van der Waals surface area (Å²) >= 11 is 1.44. The van der Waals surface area contributed by atoms with Crippen LogP contribution in [0.4, 0.5) is 5.69 Å². The molecule has 0 aromatic heterocycles. The number of hydrogen-bond donors (Lipinski definition) is 1. The quantitative estimate of drug-likeness (QED) is 0.571. The number of hydrazone groups is 1. The number of fused-ring (bicyclic) bond motifs is 1. The summed E-state index contributed by atoms with van der Waals surface area (Å²) in [6.45, 7) is 6.17. The standard InChI is InChI=1S/C24H31N5OS/c1-3-28(4-2)19-13-10-18(11-14-19)16-20-22(25)29-24(26-23(20)30)31-21(27-29)15-12-17-8-6-5-7-9-17/h10-11,13-14,16-17,25H,3-9,12,15H2,1-2H3/b20-16-,25-22?. The summed E-state index contributed by atoms with van der Waals surface area (Å²) in [5.74, 6) is 0.538. The molecule has 0 unspecified atom stereocenters. The maximum absolute atomic E-state index is 12.6. The van der Waals surface area contributed by atoms with Gasteiger partial charge in [-0.1, -0.05) is 44.2 Å². The first kappa shape index (κ1) is 21.8. The maximum Gasteiger partial charge on any atom is 0.283 e. The van der Waals surface area contributed by atoms with Crippen molar-refractivity contribution >= 4 is 45.5 Å². The van der Waals surface area contributed by atoms with Gasteiger partial charge >= 0.3 is 0 Å². The lowest BCUT2D eigenvalue weighted by Crippen LogP contribution is -2.35. The van der Waals surface area contributed by atoms with Gasteiger partial charge in [0.25, 0.3) is 5.91 Å². The van der Waals surface area contributed by atoms with Crippen molar-refractivity contribution in [2.75, 3.05) is 18.0 Å². The van der Waals surface area contributed by atoms with Crippen LogP contribution in [0.3, 0.4) is 0 Å². The Labute approximate surface area is 189 Å². The predicted octanol–water partition coefficient (Wildman–Crippen LogP) is 5.51. The highest BCUT2D eigenvalue weighted by Crippen LogP contribution is 2.33. The van der Waals surface area contributed by atoms with Gasteiger partial charge < -0.3 is 4.90 Å². The molecule has 164 valence electrons. The van der Waals surface area contributed by atoms with Crippen molar-refractivity contribution in [3.63, 3.8) is 0 Å². The molecular weight excluding hydrogens is 406 g/mol. The van der Waals surface area contributed by atoms with Gasteiger partial charge in [0, 0.05) is 18.8 Å². The van der Waals surface area contributed by atoms with E-state index in [1.165, 1.54) is 48.9 Å². The van der Waals surface area contributed by atoms with Gasteiger partial charge in [-0.25, -0.2) is 0 Å². The SMILES string of the molecule is CCN(CC)c1ccc(/C=C2/C(=N)N3N=C(CCC4CCCCC4)SC3=NC2=O)cc1. The Bertz CT molecular complexity index is 924. The fraction of sp³-hybridized carbons (Fsp3) is 0.500. The van der Waals surface area contributed by atoms with Crippen LogP contribution in [0, 0.1) is 11.3 Å². The summed E-state index contributed by atoms with van der Waals surface area (Å²) in [6, 6.07) is 8.08. The number of aliphatic imine (C=N–C) groups is 1. The minimum Gasteiger partial charge on any atom is -0.372 e. The first-order valence-corrected chi connectivity index (χ1v) is 12.2. The first-order valence-electron chi connectivity index (χ1n) is 11.4. The van der Waals surface area contributed by atoms with E-state index in [0.717, 1.165) is 48.1 Å². The first-order chi connectivity index (χ1) is 15.1. The molecule has 1 aliphatic carbocycles. The molecule has 0 bridgehead atoms. The lowest BCUT2D eigenvalue weighted by molar-refractivity contribution is -0.114. The van der Waals surface area contributed by atoms with Crippen molar-refractivity contribution in [1.82, 2.24) is 5.01 Å². The maximum atomic E-state index is 12.6. The third-order valence-electron chi connectivity index (χ3n) is 6.32. The number of rotatable bonds is 7. The number of nitrogens with zero attached hydrogens (tertiary/aromatic N) is 4. The zero-order valence-corrected chi connectivity index (χ0v) is 19.2. The van der Waals surface area contributed by atoms with E-state index in [1.54, 1.807) is 6.08 Å². The minimum absolute atomic E-state index is 0.114. The Kier molecular flexibility index (Phi) is 6.90. The van der Waals surface area contributed by atoms with Crippen LogP contribution < -0.4 is 4.90 Å². The zero-order chi connectivity index (χ0) is 21.8. The van der Waals surface area contributed by atoms with E-state index in [9.17, 15) is 4.79 Å². The molecule has 0 atom stereocenters. The average molecular weight is 438 g/mol. The summed E-state index contributed by atoms with van der Waals surface area (Å²) in [5.41, 5.74) is 2.33. The topological polar surface area (TPSA) is 72.1 Å².